The minimum atomic E-state index is -1.01. The van der Waals surface area contributed by atoms with Crippen LogP contribution in [0.1, 0.15) is 31.9 Å². The molecule has 0 radical (unpaired) electrons. The van der Waals surface area contributed by atoms with Gasteiger partial charge in [0.15, 0.2) is 0 Å². The van der Waals surface area contributed by atoms with Crippen LogP contribution in [0.4, 0.5) is 0 Å². The summed E-state index contributed by atoms with van der Waals surface area (Å²) in [7, 11) is 0. The van der Waals surface area contributed by atoms with Crippen LogP contribution in [0.15, 0.2) is 84.7 Å². The van der Waals surface area contributed by atoms with Crippen LogP contribution in [0.2, 0.25) is 0 Å². The molecule has 0 fully saturated rings. The van der Waals surface area contributed by atoms with Crippen molar-refractivity contribution in [1.82, 2.24) is 0 Å². The lowest BCUT2D eigenvalue weighted by Gasteiger charge is -2.29. The van der Waals surface area contributed by atoms with Gasteiger partial charge in [0, 0.05) is 5.92 Å². The maximum atomic E-state index is 12.9. The molecule has 8 nitrogen and oxygen atoms in total. The van der Waals surface area contributed by atoms with Crippen molar-refractivity contribution in [2.24, 2.45) is 23.7 Å². The Morgan fingerprint density at radius 3 is 2.40 bits per heavy atom. The molecule has 2 N–H and O–H groups in total. The Morgan fingerprint density at radius 1 is 0.976 bits per heavy atom. The molecule has 2 aromatic rings. The Morgan fingerprint density at radius 2 is 1.71 bits per heavy atom. The molecule has 8 heteroatoms. The van der Waals surface area contributed by atoms with Gasteiger partial charge in [-0.2, -0.15) is 0 Å². The fourth-order valence-corrected chi connectivity index (χ4v) is 5.35. The molecule has 0 aromatic heterocycles. The van der Waals surface area contributed by atoms with Gasteiger partial charge in [-0.1, -0.05) is 75.4 Å². The fraction of sp³-hybridized carbons (Fsp3) is 0.412. The maximum Gasteiger partial charge on any atom is 0.339 e. The van der Waals surface area contributed by atoms with Gasteiger partial charge in [0.05, 0.1) is 18.1 Å². The molecule has 0 amide bonds. The zero-order chi connectivity index (χ0) is 30.1. The summed E-state index contributed by atoms with van der Waals surface area (Å²) in [6.07, 6.45) is 6.46. The highest BCUT2D eigenvalue weighted by atomic mass is 16.6. The third-order valence-electron chi connectivity index (χ3n) is 7.40. The molecule has 0 bridgehead atoms. The van der Waals surface area contributed by atoms with Gasteiger partial charge < -0.3 is 29.2 Å². The van der Waals surface area contributed by atoms with E-state index in [9.17, 15) is 14.7 Å². The summed E-state index contributed by atoms with van der Waals surface area (Å²) >= 11 is 0. The van der Waals surface area contributed by atoms with Crippen molar-refractivity contribution < 1.29 is 38.7 Å². The van der Waals surface area contributed by atoms with E-state index < -0.39 is 18.2 Å². The van der Waals surface area contributed by atoms with E-state index in [-0.39, 0.29) is 56.1 Å². The van der Waals surface area contributed by atoms with E-state index in [1.165, 1.54) is 5.56 Å². The van der Waals surface area contributed by atoms with E-state index in [0.29, 0.717) is 22.6 Å². The second-order valence-electron chi connectivity index (χ2n) is 11.1. The van der Waals surface area contributed by atoms with Gasteiger partial charge in [0.2, 0.25) is 0 Å². The van der Waals surface area contributed by atoms with Crippen LogP contribution >= 0.6 is 0 Å². The van der Waals surface area contributed by atoms with Crippen molar-refractivity contribution in [2.45, 2.75) is 39.4 Å². The first kappa shape index (κ1) is 31.1. The summed E-state index contributed by atoms with van der Waals surface area (Å²) in [5.74, 6) is 0.0170. The van der Waals surface area contributed by atoms with Gasteiger partial charge in [-0.3, -0.25) is 4.79 Å². The Hall–Kier alpha value is -3.88. The number of hydrogen-bond acceptors (Lipinski definition) is 8. The molecule has 2 aromatic carbocycles. The molecule has 0 saturated carbocycles. The topological polar surface area (TPSA) is 112 Å². The second kappa shape index (κ2) is 14.8. The number of carbonyl (C=O) groups is 2. The lowest BCUT2D eigenvalue weighted by Crippen LogP contribution is -2.33. The van der Waals surface area contributed by atoms with Crippen molar-refractivity contribution >= 4 is 17.5 Å². The quantitative estimate of drug-likeness (QED) is 0.316. The standard InChI is InChI=1S/C34H40O8/c1-22(2)32(23(3)17-24-7-5-4-6-8-24)34(38)41-21-27(36)20-40-29-14-11-26-18-30(33(37)42-31(26)19-29)25-9-12-28(13-10-25)39-16-15-35/h4-14,18-19,22-23,26-27,31-32,35-36H,15-17,20-21H2,1-3H3. The highest BCUT2D eigenvalue weighted by Crippen LogP contribution is 2.32. The monoisotopic (exact) mass is 576 g/mol. The van der Waals surface area contributed by atoms with Crippen LogP contribution in [-0.2, 0) is 30.2 Å². The minimum Gasteiger partial charge on any atom is -0.491 e. The third-order valence-corrected chi connectivity index (χ3v) is 7.40. The molecule has 5 unspecified atom stereocenters. The molecule has 1 aliphatic carbocycles. The highest BCUT2D eigenvalue weighted by molar-refractivity contribution is 6.17. The van der Waals surface area contributed by atoms with Crippen LogP contribution in [-0.4, -0.2) is 60.8 Å². The lowest BCUT2D eigenvalue weighted by molar-refractivity contribution is -0.156. The number of benzene rings is 2. The zero-order valence-electron chi connectivity index (χ0n) is 24.3. The molecular formula is C34H40O8. The second-order valence-corrected chi connectivity index (χ2v) is 11.1. The van der Waals surface area contributed by atoms with Crippen molar-refractivity contribution in [3.63, 3.8) is 0 Å². The normalized spacial score (nSPS) is 20.0. The van der Waals surface area contributed by atoms with E-state index in [2.05, 4.69) is 19.1 Å². The maximum absolute atomic E-state index is 12.9. The van der Waals surface area contributed by atoms with Gasteiger partial charge in [-0.05, 0) is 53.7 Å². The Labute approximate surface area is 247 Å². The lowest BCUT2D eigenvalue weighted by atomic mass is 9.81. The van der Waals surface area contributed by atoms with Gasteiger partial charge in [-0.25, -0.2) is 4.79 Å². The molecular weight excluding hydrogens is 536 g/mol. The van der Waals surface area contributed by atoms with Crippen LogP contribution in [0.5, 0.6) is 5.75 Å². The largest absolute Gasteiger partial charge is 0.491 e. The molecule has 4 rings (SSSR count). The smallest absolute Gasteiger partial charge is 0.339 e. The summed E-state index contributed by atoms with van der Waals surface area (Å²) in [5.41, 5.74) is 2.34. The summed E-state index contributed by atoms with van der Waals surface area (Å²) in [6, 6.07) is 17.1. The zero-order valence-corrected chi connectivity index (χ0v) is 24.3. The van der Waals surface area contributed by atoms with Crippen molar-refractivity contribution in [1.29, 1.82) is 0 Å². The predicted molar refractivity (Wildman–Crippen MR) is 158 cm³/mol. The highest BCUT2D eigenvalue weighted by Gasteiger charge is 2.32. The summed E-state index contributed by atoms with van der Waals surface area (Å²) in [6.45, 7) is 5.93. The minimum absolute atomic E-state index is 0.0755. The van der Waals surface area contributed by atoms with Crippen LogP contribution < -0.4 is 4.74 Å². The summed E-state index contributed by atoms with van der Waals surface area (Å²) < 4.78 is 22.3. The first-order valence-electron chi connectivity index (χ1n) is 14.4. The Balaban J connectivity index is 1.26. The average molecular weight is 577 g/mol. The van der Waals surface area contributed by atoms with E-state index >= 15 is 0 Å². The first-order chi connectivity index (χ1) is 20.2. The predicted octanol–water partition coefficient (Wildman–Crippen LogP) is 4.51. The van der Waals surface area contributed by atoms with E-state index in [4.69, 9.17) is 24.1 Å². The van der Waals surface area contributed by atoms with Crippen LogP contribution in [0.3, 0.4) is 0 Å². The van der Waals surface area contributed by atoms with Gasteiger partial charge in [0.25, 0.3) is 0 Å². The Bertz CT molecular complexity index is 1280. The molecule has 5 atom stereocenters. The molecule has 0 saturated heterocycles. The summed E-state index contributed by atoms with van der Waals surface area (Å²) in [5, 5.41) is 19.4. The van der Waals surface area contributed by atoms with Crippen LogP contribution in [0.25, 0.3) is 5.57 Å². The number of aliphatic hydroxyl groups excluding tert-OH is 2. The third kappa shape index (κ3) is 8.33. The number of rotatable bonds is 14. The molecule has 0 spiro atoms. The number of ether oxygens (including phenoxy) is 4. The molecule has 1 aliphatic heterocycles. The SMILES string of the molecule is CC(C)C(C(=O)OCC(O)COC1=CC2OC(=O)C(c3ccc(OCCO)cc3)=CC2C=C1)C(C)Cc1ccccc1. The number of hydrogen-bond donors (Lipinski definition) is 2. The van der Waals surface area contributed by atoms with Gasteiger partial charge in [0.1, 0.15) is 43.5 Å². The van der Waals surface area contributed by atoms with E-state index in [1.54, 1.807) is 36.4 Å². The number of aliphatic hydroxyl groups is 2. The van der Waals surface area contributed by atoms with E-state index in [0.717, 1.165) is 6.42 Å². The number of fused-ring (bicyclic) bond motifs is 1. The molecule has 1 heterocycles. The van der Waals surface area contributed by atoms with Crippen LogP contribution in [0, 0.1) is 23.7 Å². The van der Waals surface area contributed by atoms with Crippen molar-refractivity contribution in [2.75, 3.05) is 26.4 Å². The molecule has 2 aliphatic rings. The number of carbonyl (C=O) groups excluding carboxylic acids is 2. The van der Waals surface area contributed by atoms with E-state index in [1.807, 2.05) is 44.2 Å². The molecule has 42 heavy (non-hydrogen) atoms. The van der Waals surface area contributed by atoms with Gasteiger partial charge >= 0.3 is 11.9 Å². The molecule has 224 valence electrons. The Kier molecular flexibility index (Phi) is 11.0. The first-order valence-corrected chi connectivity index (χ1v) is 14.4. The van der Waals surface area contributed by atoms with Crippen molar-refractivity contribution in [3.8, 4) is 5.75 Å². The van der Waals surface area contributed by atoms with Gasteiger partial charge in [-0.15, -0.1) is 0 Å². The average Bonchev–Trinajstić information content (AvgIpc) is 2.98. The summed E-state index contributed by atoms with van der Waals surface area (Å²) in [4.78, 5) is 25.7. The number of allylic oxidation sites excluding steroid dienone is 1. The number of esters is 2. The fourth-order valence-electron chi connectivity index (χ4n) is 5.35. The van der Waals surface area contributed by atoms with Crippen molar-refractivity contribution in [3.05, 3.63) is 95.8 Å².